The molecule has 1 saturated heterocycles. The number of ether oxygens (including phenoxy) is 5. The molecule has 18 nitrogen and oxygen atoms in total. The first-order chi connectivity index (χ1) is 19.1. The number of rotatable bonds is 15. The minimum absolute atomic E-state index is 0.0105. The molecule has 2 heterocycles. The number of aromatic nitrogens is 2. The monoisotopic (exact) mass is 629 g/mol. The summed E-state index contributed by atoms with van der Waals surface area (Å²) in [4.78, 5) is 70.1. The zero-order valence-corrected chi connectivity index (χ0v) is 24.6. The van der Waals surface area contributed by atoms with Gasteiger partial charge in [-0.1, -0.05) is 0 Å². The van der Waals surface area contributed by atoms with Crippen LogP contribution >= 0.6 is 15.2 Å². The van der Waals surface area contributed by atoms with Gasteiger partial charge in [0.1, 0.15) is 30.7 Å². The molecule has 1 aromatic rings. The first-order valence-electron chi connectivity index (χ1n) is 11.9. The number of carbonyl (C=O) groups excluding carboxylic acids is 3. The molecule has 0 spiro atoms. The Morgan fingerprint density at radius 2 is 1.68 bits per heavy atom. The van der Waals surface area contributed by atoms with Crippen LogP contribution in [0.2, 0.25) is 0 Å². The smallest absolute Gasteiger partial charge is 0.351 e. The maximum atomic E-state index is 12.6. The van der Waals surface area contributed by atoms with Crippen LogP contribution in [0.1, 0.15) is 27.0 Å². The van der Waals surface area contributed by atoms with E-state index in [1.807, 2.05) is 0 Å². The molecule has 232 valence electrons. The van der Waals surface area contributed by atoms with E-state index in [2.05, 4.69) is 10.3 Å². The Morgan fingerprint density at radius 1 is 1.05 bits per heavy atom. The lowest BCUT2D eigenvalue weighted by Gasteiger charge is -2.23. The Kier molecular flexibility index (Phi) is 12.8. The quantitative estimate of drug-likeness (QED) is 0.171. The first-order valence-corrected chi connectivity index (χ1v) is 15.4. The molecule has 1 aliphatic heterocycles. The summed E-state index contributed by atoms with van der Waals surface area (Å²) in [5.41, 5.74) is -0.799. The van der Waals surface area contributed by atoms with Gasteiger partial charge in [-0.05, 0) is 6.07 Å². The van der Waals surface area contributed by atoms with Crippen LogP contribution in [-0.2, 0) is 56.2 Å². The standard InChI is InChI=1S/C21H33N3O15P2/c1-12(25)22-17-6-7-24(21(28)23-17)20-19(34-5)18(33-4)16(39-20)10-37-41(31,32)11-40(29,30)36-9-15(38-14(3)27)8-35-13(2)26/h6-7,15-16,18-20H,8-11H2,1-5H3,(H,29,30)(H,31,32)(H,22,23,25,28)/t15?,16-,18+,19?,20-/m1/s1. The van der Waals surface area contributed by atoms with Crippen LogP contribution in [-0.4, -0.2) is 102 Å². The molecule has 0 radical (unpaired) electrons. The highest BCUT2D eigenvalue weighted by Gasteiger charge is 2.48. The maximum Gasteiger partial charge on any atom is 0.351 e. The lowest BCUT2D eigenvalue weighted by molar-refractivity contribution is -0.158. The minimum atomic E-state index is -4.80. The lowest BCUT2D eigenvalue weighted by Crippen LogP contribution is -2.38. The van der Waals surface area contributed by atoms with Crippen LogP contribution in [0.4, 0.5) is 5.82 Å². The number of carbonyl (C=O) groups is 3. The molecular formula is C21H33N3O15P2. The zero-order chi connectivity index (χ0) is 31.0. The Bertz CT molecular complexity index is 1240. The minimum Gasteiger partial charge on any atom is -0.462 e. The molecule has 2 rings (SSSR count). The fraction of sp³-hybridized carbons (Fsp3) is 0.667. The van der Waals surface area contributed by atoms with Gasteiger partial charge in [0.2, 0.25) is 5.91 Å². The van der Waals surface area contributed by atoms with Crippen molar-refractivity contribution < 1.29 is 66.0 Å². The summed E-state index contributed by atoms with van der Waals surface area (Å²) in [6.45, 7) is 1.57. The molecule has 1 aromatic heterocycles. The largest absolute Gasteiger partial charge is 0.462 e. The molecule has 3 N–H and O–H groups in total. The number of hydrogen-bond donors (Lipinski definition) is 3. The Labute approximate surface area is 234 Å². The number of amides is 1. The topological polar surface area (TPSA) is 237 Å². The van der Waals surface area contributed by atoms with E-state index in [9.17, 15) is 38.1 Å². The number of anilines is 1. The second-order valence-corrected chi connectivity index (χ2v) is 12.9. The van der Waals surface area contributed by atoms with Gasteiger partial charge in [-0.2, -0.15) is 4.98 Å². The average molecular weight is 629 g/mol. The van der Waals surface area contributed by atoms with Gasteiger partial charge in [-0.3, -0.25) is 28.1 Å². The molecule has 1 aliphatic rings. The molecule has 0 saturated carbocycles. The molecular weight excluding hydrogens is 596 g/mol. The summed E-state index contributed by atoms with van der Waals surface area (Å²) in [6, 6.07) is 1.35. The van der Waals surface area contributed by atoms with Crippen molar-refractivity contribution in [2.45, 2.75) is 51.4 Å². The van der Waals surface area contributed by atoms with Gasteiger partial charge in [0.25, 0.3) is 0 Å². The highest BCUT2D eigenvalue weighted by Crippen LogP contribution is 2.58. The van der Waals surface area contributed by atoms with E-state index in [-0.39, 0.29) is 5.82 Å². The molecule has 1 fully saturated rings. The van der Waals surface area contributed by atoms with Crippen molar-refractivity contribution in [3.8, 4) is 0 Å². The highest BCUT2D eigenvalue weighted by molar-refractivity contribution is 7.70. The van der Waals surface area contributed by atoms with Crippen LogP contribution in [0.15, 0.2) is 17.1 Å². The van der Waals surface area contributed by atoms with Crippen molar-refractivity contribution in [3.63, 3.8) is 0 Å². The van der Waals surface area contributed by atoms with Crippen molar-refractivity contribution >= 4 is 38.9 Å². The van der Waals surface area contributed by atoms with E-state index in [4.69, 9.17) is 32.7 Å². The van der Waals surface area contributed by atoms with E-state index >= 15 is 0 Å². The van der Waals surface area contributed by atoms with Crippen molar-refractivity contribution in [1.29, 1.82) is 0 Å². The van der Waals surface area contributed by atoms with Crippen LogP contribution in [0, 0.1) is 0 Å². The SMILES string of the molecule is COC1[C@@H](OC)[C@@H](COP(=O)(O)CP(=O)(O)OCC(COC(C)=O)OC(C)=O)O[C@H]1n1ccc(NC(C)=O)nc1=O. The summed E-state index contributed by atoms with van der Waals surface area (Å²) < 4.78 is 62.2. The molecule has 20 heteroatoms. The van der Waals surface area contributed by atoms with Crippen molar-refractivity contribution in [2.24, 2.45) is 0 Å². The molecule has 0 aliphatic carbocycles. The average Bonchev–Trinajstić information content (AvgIpc) is 3.20. The number of esters is 2. The molecule has 4 unspecified atom stereocenters. The Hall–Kier alpha value is -2.53. The molecule has 0 aromatic carbocycles. The van der Waals surface area contributed by atoms with Gasteiger partial charge in [0, 0.05) is 41.2 Å². The van der Waals surface area contributed by atoms with Crippen LogP contribution in [0.3, 0.4) is 0 Å². The van der Waals surface area contributed by atoms with E-state index in [1.54, 1.807) is 0 Å². The van der Waals surface area contributed by atoms with Crippen molar-refractivity contribution in [3.05, 3.63) is 22.7 Å². The fourth-order valence-electron chi connectivity index (χ4n) is 3.72. The summed E-state index contributed by atoms with van der Waals surface area (Å²) in [7, 11) is -6.97. The van der Waals surface area contributed by atoms with Gasteiger partial charge in [0.15, 0.2) is 18.2 Å². The number of nitrogens with one attached hydrogen (secondary N) is 1. The fourth-order valence-corrected chi connectivity index (χ4v) is 6.96. The third-order valence-corrected chi connectivity index (χ3v) is 9.27. The summed E-state index contributed by atoms with van der Waals surface area (Å²) in [5.74, 6) is -3.25. The van der Waals surface area contributed by atoms with E-state index in [0.29, 0.717) is 0 Å². The molecule has 7 atom stereocenters. The van der Waals surface area contributed by atoms with Gasteiger partial charge in [0.05, 0.1) is 13.2 Å². The summed E-state index contributed by atoms with van der Waals surface area (Å²) in [5, 5.41) is 2.37. The van der Waals surface area contributed by atoms with Crippen LogP contribution in [0.5, 0.6) is 0 Å². The number of nitrogens with zero attached hydrogens (tertiary/aromatic N) is 2. The highest BCUT2D eigenvalue weighted by atomic mass is 31.2. The summed E-state index contributed by atoms with van der Waals surface area (Å²) in [6.07, 6.45) is -4.00. The third-order valence-electron chi connectivity index (χ3n) is 5.30. The van der Waals surface area contributed by atoms with E-state index in [0.717, 1.165) is 18.4 Å². The van der Waals surface area contributed by atoms with E-state index < -0.39 is 95.1 Å². The lowest BCUT2D eigenvalue weighted by atomic mass is 10.1. The number of hydrogen-bond acceptors (Lipinski definition) is 14. The summed E-state index contributed by atoms with van der Waals surface area (Å²) >= 11 is 0. The second kappa shape index (κ2) is 15.1. The normalized spacial score (nSPS) is 24.1. The van der Waals surface area contributed by atoms with Crippen LogP contribution in [0.25, 0.3) is 0 Å². The predicted octanol–water partition coefficient (Wildman–Crippen LogP) is -0.0146. The van der Waals surface area contributed by atoms with Gasteiger partial charge < -0.3 is 47.8 Å². The zero-order valence-electron chi connectivity index (χ0n) is 22.9. The predicted molar refractivity (Wildman–Crippen MR) is 137 cm³/mol. The van der Waals surface area contributed by atoms with Crippen molar-refractivity contribution in [1.82, 2.24) is 9.55 Å². The van der Waals surface area contributed by atoms with Crippen LogP contribution < -0.4 is 11.0 Å². The Balaban J connectivity index is 2.07. The third kappa shape index (κ3) is 11.0. The maximum absolute atomic E-state index is 12.6. The van der Waals surface area contributed by atoms with E-state index in [1.165, 1.54) is 33.4 Å². The Morgan fingerprint density at radius 3 is 2.22 bits per heavy atom. The molecule has 0 bridgehead atoms. The van der Waals surface area contributed by atoms with Gasteiger partial charge >= 0.3 is 32.8 Å². The van der Waals surface area contributed by atoms with Gasteiger partial charge in [-0.25, -0.2) is 4.79 Å². The van der Waals surface area contributed by atoms with Crippen molar-refractivity contribution in [2.75, 3.05) is 45.3 Å². The molecule has 41 heavy (non-hydrogen) atoms. The molecule has 1 amide bonds. The first kappa shape index (κ1) is 34.7. The second-order valence-electron chi connectivity index (χ2n) is 8.69. The van der Waals surface area contributed by atoms with Gasteiger partial charge in [-0.15, -0.1) is 0 Å². The number of methoxy groups -OCH3 is 2.